The molecule has 0 saturated carbocycles. The van der Waals surface area contributed by atoms with E-state index in [4.69, 9.17) is 5.73 Å². The molecule has 7 aromatic carbocycles. The van der Waals surface area contributed by atoms with Gasteiger partial charge in [0.1, 0.15) is 0 Å². The van der Waals surface area contributed by atoms with Crippen molar-refractivity contribution in [1.29, 1.82) is 0 Å². The molecule has 1 nitrogen and oxygen atoms in total. The maximum absolute atomic E-state index is 6.32. The first kappa shape index (κ1) is 33.0. The fourth-order valence-electron chi connectivity index (χ4n) is 6.43. The third-order valence-corrected chi connectivity index (χ3v) is 8.82. The molecule has 0 amide bonds. The number of allylic oxidation sites excluding steroid dienone is 7. The fraction of sp³-hybridized carbons (Fsp3) is 0.0833. The molecule has 0 saturated heterocycles. The zero-order valence-electron chi connectivity index (χ0n) is 28.6. The van der Waals surface area contributed by atoms with Crippen molar-refractivity contribution in [2.45, 2.75) is 27.2 Å². The average Bonchev–Trinajstić information content (AvgIpc) is 3.16. The van der Waals surface area contributed by atoms with Crippen LogP contribution in [0.1, 0.15) is 32.8 Å². The van der Waals surface area contributed by atoms with Crippen LogP contribution in [0.25, 0.3) is 71.4 Å². The molecule has 0 aromatic heterocycles. The van der Waals surface area contributed by atoms with Crippen LogP contribution in [0, 0.1) is 0 Å². The van der Waals surface area contributed by atoms with Crippen molar-refractivity contribution in [3.05, 3.63) is 188 Å². The molecule has 2 N–H and O–H groups in total. The van der Waals surface area contributed by atoms with Crippen LogP contribution in [0.4, 0.5) is 0 Å². The lowest BCUT2D eigenvalue weighted by atomic mass is 9.85. The van der Waals surface area contributed by atoms with Gasteiger partial charge in [0.2, 0.25) is 0 Å². The smallest absolute Gasteiger partial charge is 0.0387 e. The number of hydrogen-bond donors (Lipinski definition) is 1. The quantitative estimate of drug-likeness (QED) is 0.137. The summed E-state index contributed by atoms with van der Waals surface area (Å²) in [6, 6.07) is 50.6. The monoisotopic (exact) mass is 633 g/mol. The summed E-state index contributed by atoms with van der Waals surface area (Å²) in [5.41, 5.74) is 15.5. The third kappa shape index (κ3) is 7.32. The molecule has 0 heterocycles. The molecule has 0 spiro atoms. The Morgan fingerprint density at radius 3 is 1.57 bits per heavy atom. The van der Waals surface area contributed by atoms with Gasteiger partial charge in [0.05, 0.1) is 0 Å². The maximum atomic E-state index is 6.32. The van der Waals surface area contributed by atoms with Crippen LogP contribution >= 0.6 is 0 Å². The summed E-state index contributed by atoms with van der Waals surface area (Å²) < 4.78 is 0. The van der Waals surface area contributed by atoms with Crippen LogP contribution in [0.2, 0.25) is 0 Å². The van der Waals surface area contributed by atoms with Crippen LogP contribution < -0.4 is 5.73 Å². The highest BCUT2D eigenvalue weighted by atomic mass is 14.6. The van der Waals surface area contributed by atoms with Crippen LogP contribution in [0.3, 0.4) is 0 Å². The molecule has 49 heavy (non-hydrogen) atoms. The first-order valence-electron chi connectivity index (χ1n) is 17.1. The maximum Gasteiger partial charge on any atom is 0.0387 e. The molecule has 0 aliphatic heterocycles. The van der Waals surface area contributed by atoms with Gasteiger partial charge in [-0.15, -0.1) is 0 Å². The predicted octanol–water partition coefficient (Wildman–Crippen LogP) is 13.6. The van der Waals surface area contributed by atoms with Crippen LogP contribution in [-0.4, -0.2) is 0 Å². The Kier molecular flexibility index (Phi) is 10.6. The Bertz CT molecular complexity index is 2260. The molecule has 0 aliphatic rings. The van der Waals surface area contributed by atoms with E-state index in [-0.39, 0.29) is 0 Å². The number of nitrogens with two attached hydrogens (primary N) is 1. The van der Waals surface area contributed by atoms with E-state index in [0.717, 1.165) is 17.7 Å². The van der Waals surface area contributed by atoms with E-state index in [1.165, 1.54) is 65.7 Å². The Morgan fingerprint density at radius 2 is 1.00 bits per heavy atom. The van der Waals surface area contributed by atoms with E-state index in [0.29, 0.717) is 0 Å². The summed E-state index contributed by atoms with van der Waals surface area (Å²) in [5.74, 6) is 0. The minimum absolute atomic E-state index is 0.773. The molecule has 1 heteroatoms. The van der Waals surface area contributed by atoms with Gasteiger partial charge in [-0.25, -0.2) is 0 Å². The second-order valence-electron chi connectivity index (χ2n) is 12.1. The third-order valence-electron chi connectivity index (χ3n) is 8.82. The number of rotatable bonds is 7. The molecule has 0 atom stereocenters. The first-order valence-corrected chi connectivity index (χ1v) is 17.1. The van der Waals surface area contributed by atoms with Crippen molar-refractivity contribution in [3.63, 3.8) is 0 Å². The Morgan fingerprint density at radius 1 is 0.490 bits per heavy atom. The summed E-state index contributed by atoms with van der Waals surface area (Å²) >= 11 is 0. The van der Waals surface area contributed by atoms with E-state index in [1.54, 1.807) is 0 Å². The number of benzene rings is 7. The average molecular weight is 634 g/mol. The predicted molar refractivity (Wildman–Crippen MR) is 216 cm³/mol. The van der Waals surface area contributed by atoms with Gasteiger partial charge in [0, 0.05) is 5.70 Å². The van der Waals surface area contributed by atoms with Crippen molar-refractivity contribution in [3.8, 4) is 33.4 Å². The summed E-state index contributed by atoms with van der Waals surface area (Å²) in [6.45, 7) is 6.12. The Balaban J connectivity index is 0.000000639. The minimum atomic E-state index is 0.773. The van der Waals surface area contributed by atoms with Gasteiger partial charge in [-0.05, 0) is 110 Å². The topological polar surface area (TPSA) is 26.0 Å². The van der Waals surface area contributed by atoms with E-state index in [9.17, 15) is 0 Å². The second kappa shape index (κ2) is 15.8. The highest BCUT2D eigenvalue weighted by molar-refractivity contribution is 6.21. The van der Waals surface area contributed by atoms with Gasteiger partial charge < -0.3 is 5.73 Å². The highest BCUT2D eigenvalue weighted by Gasteiger charge is 2.17. The van der Waals surface area contributed by atoms with Crippen molar-refractivity contribution in [2.75, 3.05) is 0 Å². The zero-order valence-corrected chi connectivity index (χ0v) is 28.6. The summed E-state index contributed by atoms with van der Waals surface area (Å²) in [4.78, 5) is 0. The Labute approximate surface area is 291 Å². The molecular formula is C48H43N. The standard InChI is InChI=1S/C42H33N.C6H10/c1-2-3-4-20-40(43)31-24-21-30(22-25-31)33-14-11-15-34(27-33)41-36-16-7-9-18-38(36)42(39-19-10-8-17-37(39)41)35-26-23-29-12-5-6-13-32(29)28-35;1-3-5-6-4-2/h3-28H,2,43H2,1H3;3-6H,1-2H3/b4-3-,40-20-;5-3-,6-4-. The molecule has 0 fully saturated rings. The molecule has 0 radical (unpaired) electrons. The summed E-state index contributed by atoms with van der Waals surface area (Å²) in [7, 11) is 0. The summed E-state index contributed by atoms with van der Waals surface area (Å²) in [6.07, 6.45) is 15.1. The van der Waals surface area contributed by atoms with Crippen molar-refractivity contribution >= 4 is 38.0 Å². The lowest BCUT2D eigenvalue weighted by molar-refractivity contribution is 1.22. The number of hydrogen-bond acceptors (Lipinski definition) is 1. The highest BCUT2D eigenvalue weighted by Crippen LogP contribution is 2.44. The lowest BCUT2D eigenvalue weighted by Gasteiger charge is -2.18. The van der Waals surface area contributed by atoms with Gasteiger partial charge in [-0.2, -0.15) is 0 Å². The Hall–Kier alpha value is -5.92. The van der Waals surface area contributed by atoms with Crippen LogP contribution in [-0.2, 0) is 0 Å². The van der Waals surface area contributed by atoms with Gasteiger partial charge in [0.25, 0.3) is 0 Å². The second-order valence-corrected chi connectivity index (χ2v) is 12.1. The van der Waals surface area contributed by atoms with E-state index in [2.05, 4.69) is 153 Å². The molecule has 0 aliphatic carbocycles. The molecule has 7 rings (SSSR count). The lowest BCUT2D eigenvalue weighted by Crippen LogP contribution is -1.95. The van der Waals surface area contributed by atoms with E-state index in [1.807, 2.05) is 50.3 Å². The van der Waals surface area contributed by atoms with Gasteiger partial charge >= 0.3 is 0 Å². The summed E-state index contributed by atoms with van der Waals surface area (Å²) in [5, 5.41) is 7.56. The fourth-order valence-corrected chi connectivity index (χ4v) is 6.43. The normalized spacial score (nSPS) is 12.0. The van der Waals surface area contributed by atoms with Gasteiger partial charge in [-0.1, -0.05) is 171 Å². The van der Waals surface area contributed by atoms with Gasteiger partial charge in [0.15, 0.2) is 0 Å². The molecule has 0 unspecified atom stereocenters. The van der Waals surface area contributed by atoms with Gasteiger partial charge in [-0.3, -0.25) is 0 Å². The van der Waals surface area contributed by atoms with Crippen molar-refractivity contribution in [1.82, 2.24) is 0 Å². The molecular weight excluding hydrogens is 591 g/mol. The van der Waals surface area contributed by atoms with Crippen LogP contribution in [0.5, 0.6) is 0 Å². The number of fused-ring (bicyclic) bond motifs is 3. The SMILES string of the molecule is C/C=C\C=C/C.CC/C=C\C=C(/N)c1ccc(-c2cccc(-c3c4ccccc4c(-c4ccc5ccccc5c4)c4ccccc34)c2)cc1. The van der Waals surface area contributed by atoms with Crippen molar-refractivity contribution < 1.29 is 0 Å². The minimum Gasteiger partial charge on any atom is -0.398 e. The zero-order chi connectivity index (χ0) is 34.0. The molecule has 0 bridgehead atoms. The van der Waals surface area contributed by atoms with E-state index < -0.39 is 0 Å². The first-order chi connectivity index (χ1) is 24.1. The van der Waals surface area contributed by atoms with Crippen LogP contribution in [0.15, 0.2) is 182 Å². The van der Waals surface area contributed by atoms with E-state index >= 15 is 0 Å². The largest absolute Gasteiger partial charge is 0.398 e. The van der Waals surface area contributed by atoms with Crippen molar-refractivity contribution in [2.24, 2.45) is 5.73 Å². The molecule has 7 aromatic rings. The molecule has 240 valence electrons.